The lowest BCUT2D eigenvalue weighted by Gasteiger charge is -2.03. The molecule has 0 aliphatic carbocycles. The number of carbonyl (C=O) groups is 1. The fourth-order valence-corrected chi connectivity index (χ4v) is 1.07. The van der Waals surface area contributed by atoms with Crippen LogP contribution in [0.4, 0.5) is 10.1 Å². The standard InChI is InChI=1S/C8H7BrFNO2/c1-13-8(12)4-2-5(10)7(9)6(11)3-4/h2-3H,11H2,1H3. The first-order valence-corrected chi connectivity index (χ1v) is 4.18. The van der Waals surface area contributed by atoms with Crippen LogP contribution in [-0.2, 0) is 4.74 Å². The lowest BCUT2D eigenvalue weighted by molar-refractivity contribution is 0.0600. The Hall–Kier alpha value is -1.10. The van der Waals surface area contributed by atoms with Gasteiger partial charge in [0, 0.05) is 5.69 Å². The molecule has 3 nitrogen and oxygen atoms in total. The minimum Gasteiger partial charge on any atom is -0.465 e. The van der Waals surface area contributed by atoms with E-state index in [-0.39, 0.29) is 15.7 Å². The molecule has 0 amide bonds. The normalized spacial score (nSPS) is 9.77. The van der Waals surface area contributed by atoms with Gasteiger partial charge in [-0.3, -0.25) is 0 Å². The minimum atomic E-state index is -0.613. The molecule has 13 heavy (non-hydrogen) atoms. The molecule has 0 spiro atoms. The first-order valence-electron chi connectivity index (χ1n) is 3.39. The summed E-state index contributed by atoms with van der Waals surface area (Å²) in [5.74, 6) is -1.20. The Morgan fingerprint density at radius 2 is 2.23 bits per heavy atom. The van der Waals surface area contributed by atoms with Crippen molar-refractivity contribution in [1.82, 2.24) is 0 Å². The van der Waals surface area contributed by atoms with Gasteiger partial charge in [0.1, 0.15) is 5.82 Å². The fraction of sp³-hybridized carbons (Fsp3) is 0.125. The number of hydrogen-bond donors (Lipinski definition) is 1. The smallest absolute Gasteiger partial charge is 0.338 e. The highest BCUT2D eigenvalue weighted by atomic mass is 79.9. The molecule has 0 aliphatic heterocycles. The van der Waals surface area contributed by atoms with Crippen molar-refractivity contribution >= 4 is 27.6 Å². The molecule has 0 fully saturated rings. The number of hydrogen-bond acceptors (Lipinski definition) is 3. The average Bonchev–Trinajstić information content (AvgIpc) is 2.12. The van der Waals surface area contributed by atoms with Gasteiger partial charge < -0.3 is 10.5 Å². The van der Waals surface area contributed by atoms with Gasteiger partial charge in [0.15, 0.2) is 0 Å². The predicted molar refractivity (Wildman–Crippen MR) is 49.9 cm³/mol. The van der Waals surface area contributed by atoms with Gasteiger partial charge in [-0.15, -0.1) is 0 Å². The largest absolute Gasteiger partial charge is 0.465 e. The number of esters is 1. The molecular weight excluding hydrogens is 241 g/mol. The monoisotopic (exact) mass is 247 g/mol. The number of carbonyl (C=O) groups excluding carboxylic acids is 1. The molecule has 0 bridgehead atoms. The Morgan fingerprint density at radius 1 is 1.62 bits per heavy atom. The van der Waals surface area contributed by atoms with Gasteiger partial charge >= 0.3 is 5.97 Å². The number of anilines is 1. The molecule has 0 unspecified atom stereocenters. The van der Waals surface area contributed by atoms with Gasteiger partial charge in [-0.1, -0.05) is 0 Å². The van der Waals surface area contributed by atoms with E-state index in [9.17, 15) is 9.18 Å². The number of nitrogens with two attached hydrogens (primary N) is 1. The zero-order chi connectivity index (χ0) is 10.0. The summed E-state index contributed by atoms with van der Waals surface area (Å²) in [7, 11) is 1.22. The van der Waals surface area contributed by atoms with Crippen molar-refractivity contribution in [2.45, 2.75) is 0 Å². The zero-order valence-electron chi connectivity index (χ0n) is 6.80. The van der Waals surface area contributed by atoms with Crippen LogP contribution in [0, 0.1) is 5.82 Å². The van der Waals surface area contributed by atoms with Crippen LogP contribution in [0.1, 0.15) is 10.4 Å². The zero-order valence-corrected chi connectivity index (χ0v) is 8.39. The summed E-state index contributed by atoms with van der Waals surface area (Å²) in [6.07, 6.45) is 0. The first kappa shape index (κ1) is 9.98. The molecular formula is C8H7BrFNO2. The first-order chi connectivity index (χ1) is 6.06. The summed E-state index contributed by atoms with van der Waals surface area (Å²) >= 11 is 2.93. The van der Waals surface area contributed by atoms with E-state index in [0.717, 1.165) is 6.07 Å². The summed E-state index contributed by atoms with van der Waals surface area (Å²) in [5, 5.41) is 0. The summed E-state index contributed by atoms with van der Waals surface area (Å²) < 4.78 is 17.6. The van der Waals surface area contributed by atoms with Gasteiger partial charge in [0.05, 0.1) is 17.1 Å². The van der Waals surface area contributed by atoms with Crippen molar-refractivity contribution in [3.63, 3.8) is 0 Å². The molecule has 5 heteroatoms. The predicted octanol–water partition coefficient (Wildman–Crippen LogP) is 1.96. The highest BCUT2D eigenvalue weighted by Gasteiger charge is 2.11. The van der Waals surface area contributed by atoms with Gasteiger partial charge in [0.25, 0.3) is 0 Å². The highest BCUT2D eigenvalue weighted by Crippen LogP contribution is 2.24. The maximum Gasteiger partial charge on any atom is 0.338 e. The van der Waals surface area contributed by atoms with Gasteiger partial charge in [-0.05, 0) is 28.1 Å². The van der Waals surface area contributed by atoms with Crippen molar-refractivity contribution in [1.29, 1.82) is 0 Å². The van der Waals surface area contributed by atoms with Crippen molar-refractivity contribution in [3.8, 4) is 0 Å². The van der Waals surface area contributed by atoms with Crippen LogP contribution in [0.15, 0.2) is 16.6 Å². The molecule has 0 heterocycles. The molecule has 0 aromatic heterocycles. The number of nitrogen functional groups attached to an aromatic ring is 1. The highest BCUT2D eigenvalue weighted by molar-refractivity contribution is 9.10. The van der Waals surface area contributed by atoms with Gasteiger partial charge in [-0.25, -0.2) is 9.18 Å². The number of ether oxygens (including phenoxy) is 1. The molecule has 1 aromatic carbocycles. The van der Waals surface area contributed by atoms with E-state index in [2.05, 4.69) is 20.7 Å². The fourth-order valence-electron chi connectivity index (χ4n) is 0.846. The van der Waals surface area contributed by atoms with Crippen molar-refractivity contribution in [3.05, 3.63) is 28.0 Å². The maximum atomic E-state index is 13.0. The molecule has 0 aliphatic rings. The Morgan fingerprint density at radius 3 is 2.69 bits per heavy atom. The number of benzene rings is 1. The van der Waals surface area contributed by atoms with Crippen LogP contribution in [0.2, 0.25) is 0 Å². The lowest BCUT2D eigenvalue weighted by atomic mass is 10.2. The molecule has 0 radical (unpaired) electrons. The quantitative estimate of drug-likeness (QED) is 0.610. The molecule has 0 saturated carbocycles. The topological polar surface area (TPSA) is 52.3 Å². The summed E-state index contributed by atoms with van der Waals surface area (Å²) in [6, 6.07) is 2.41. The van der Waals surface area contributed by atoms with E-state index in [0.29, 0.717) is 0 Å². The SMILES string of the molecule is COC(=O)c1cc(N)c(Br)c(F)c1. The Labute approximate surface area is 82.8 Å². The summed E-state index contributed by atoms with van der Waals surface area (Å²) in [6.45, 7) is 0. The second-order valence-corrected chi connectivity index (χ2v) is 3.15. The van der Waals surface area contributed by atoms with E-state index in [1.165, 1.54) is 13.2 Å². The third-order valence-electron chi connectivity index (χ3n) is 1.48. The Balaban J connectivity index is 3.20. The van der Waals surface area contributed by atoms with Crippen LogP contribution >= 0.6 is 15.9 Å². The van der Waals surface area contributed by atoms with Gasteiger partial charge in [0.2, 0.25) is 0 Å². The van der Waals surface area contributed by atoms with Crippen LogP contribution in [-0.4, -0.2) is 13.1 Å². The van der Waals surface area contributed by atoms with Crippen molar-refractivity contribution in [2.75, 3.05) is 12.8 Å². The van der Waals surface area contributed by atoms with Crippen LogP contribution in [0.3, 0.4) is 0 Å². The van der Waals surface area contributed by atoms with E-state index < -0.39 is 11.8 Å². The van der Waals surface area contributed by atoms with E-state index in [4.69, 9.17) is 5.73 Å². The summed E-state index contributed by atoms with van der Waals surface area (Å²) in [5.41, 5.74) is 5.68. The lowest BCUT2D eigenvalue weighted by Crippen LogP contribution is -2.03. The van der Waals surface area contributed by atoms with Crippen molar-refractivity contribution in [2.24, 2.45) is 0 Å². The van der Waals surface area contributed by atoms with E-state index in [1.807, 2.05) is 0 Å². The molecule has 0 atom stereocenters. The van der Waals surface area contributed by atoms with E-state index in [1.54, 1.807) is 0 Å². The van der Waals surface area contributed by atoms with Crippen LogP contribution < -0.4 is 5.73 Å². The number of methoxy groups -OCH3 is 1. The number of halogens is 2. The molecule has 70 valence electrons. The number of rotatable bonds is 1. The third kappa shape index (κ3) is 1.98. The second kappa shape index (κ2) is 3.74. The Kier molecular flexibility index (Phi) is 2.87. The van der Waals surface area contributed by atoms with Crippen LogP contribution in [0.25, 0.3) is 0 Å². The molecule has 1 aromatic rings. The van der Waals surface area contributed by atoms with Crippen LogP contribution in [0.5, 0.6) is 0 Å². The molecule has 0 saturated heterocycles. The molecule has 1 rings (SSSR count). The molecule has 2 N–H and O–H groups in total. The second-order valence-electron chi connectivity index (χ2n) is 2.35. The third-order valence-corrected chi connectivity index (χ3v) is 2.31. The Bertz CT molecular complexity index is 331. The maximum absolute atomic E-state index is 13.0. The van der Waals surface area contributed by atoms with Crippen molar-refractivity contribution < 1.29 is 13.9 Å². The summed E-state index contributed by atoms with van der Waals surface area (Å²) in [4.78, 5) is 11.0. The minimum absolute atomic E-state index is 0.0979. The van der Waals surface area contributed by atoms with E-state index >= 15 is 0 Å². The average molecular weight is 248 g/mol. The van der Waals surface area contributed by atoms with Gasteiger partial charge in [-0.2, -0.15) is 0 Å².